The van der Waals surface area contributed by atoms with E-state index in [2.05, 4.69) is 72.1 Å². The molecule has 0 aliphatic heterocycles. The van der Waals surface area contributed by atoms with Crippen molar-refractivity contribution in [2.75, 3.05) is 5.32 Å². The fourth-order valence-corrected chi connectivity index (χ4v) is 5.07. The van der Waals surface area contributed by atoms with E-state index in [1.54, 1.807) is 0 Å². The van der Waals surface area contributed by atoms with Crippen molar-refractivity contribution in [1.29, 1.82) is 0 Å². The van der Waals surface area contributed by atoms with Gasteiger partial charge < -0.3 is 5.32 Å². The second-order valence-electron chi connectivity index (χ2n) is 9.19. The monoisotopic (exact) mass is 503 g/mol. The molecule has 2 heterocycles. The number of nitrogens with one attached hydrogen (secondary N) is 1. The van der Waals surface area contributed by atoms with Crippen LogP contribution in [-0.2, 0) is 16.8 Å². The number of thioether (sulfide) groups is 1. The quantitative estimate of drug-likeness (QED) is 0.215. The summed E-state index contributed by atoms with van der Waals surface area (Å²) in [5.41, 5.74) is 4.18. The van der Waals surface area contributed by atoms with Gasteiger partial charge in [0.25, 0.3) is 0 Å². The Labute approximate surface area is 214 Å². The van der Waals surface area contributed by atoms with Crippen molar-refractivity contribution in [2.45, 2.75) is 50.1 Å². The van der Waals surface area contributed by atoms with Crippen LogP contribution in [0.1, 0.15) is 33.3 Å². The van der Waals surface area contributed by atoms with Gasteiger partial charge in [-0.15, -0.1) is 28.1 Å². The highest BCUT2D eigenvalue weighted by Crippen LogP contribution is 2.30. The molecule has 2 aromatic heterocycles. The maximum atomic E-state index is 12.9. The molecule has 0 unspecified atom stereocenters. The van der Waals surface area contributed by atoms with Crippen LogP contribution < -0.4 is 5.32 Å². The van der Waals surface area contributed by atoms with Crippen LogP contribution in [0.3, 0.4) is 0 Å². The number of hydrogen-bond acceptors (Lipinski definition) is 6. The second-order valence-corrected chi connectivity index (χ2v) is 11.4. The molecule has 4 rings (SSSR count). The van der Waals surface area contributed by atoms with Crippen molar-refractivity contribution >= 4 is 34.1 Å². The van der Waals surface area contributed by atoms with Gasteiger partial charge in [0, 0.05) is 23.1 Å². The number of allylic oxidation sites excluding steroid dienone is 1. The van der Waals surface area contributed by atoms with E-state index in [4.69, 9.17) is 0 Å². The minimum Gasteiger partial charge on any atom is -0.301 e. The molecule has 0 aliphatic carbocycles. The largest absolute Gasteiger partial charge is 0.301 e. The van der Waals surface area contributed by atoms with Crippen molar-refractivity contribution in [3.8, 4) is 22.6 Å². The van der Waals surface area contributed by atoms with Gasteiger partial charge in [-0.2, -0.15) is 0 Å². The minimum atomic E-state index is -0.386. The molecular weight excluding hydrogens is 474 g/mol. The van der Waals surface area contributed by atoms with Crippen molar-refractivity contribution in [3.63, 3.8) is 0 Å². The van der Waals surface area contributed by atoms with Gasteiger partial charge in [0.1, 0.15) is 0 Å². The lowest BCUT2D eigenvalue weighted by molar-refractivity contribution is -0.115. The number of carbonyl (C=O) groups is 1. The Balaban J connectivity index is 1.48. The molecule has 0 bridgehead atoms. The van der Waals surface area contributed by atoms with Gasteiger partial charge in [-0.3, -0.25) is 9.36 Å². The number of carbonyl (C=O) groups excluding carboxylic acids is 1. The summed E-state index contributed by atoms with van der Waals surface area (Å²) < 4.78 is 1.99. The molecule has 0 spiro atoms. The number of amides is 1. The summed E-state index contributed by atoms with van der Waals surface area (Å²) in [6, 6.07) is 18.3. The molecule has 0 radical (unpaired) electrons. The zero-order valence-electron chi connectivity index (χ0n) is 20.4. The molecule has 1 N–H and O–H groups in total. The third-order valence-electron chi connectivity index (χ3n) is 5.49. The Morgan fingerprint density at radius 2 is 1.83 bits per heavy atom. The van der Waals surface area contributed by atoms with Crippen molar-refractivity contribution in [2.24, 2.45) is 0 Å². The highest BCUT2D eigenvalue weighted by molar-refractivity contribution is 8.00. The Bertz CT molecular complexity index is 1300. The van der Waals surface area contributed by atoms with Gasteiger partial charge in [-0.1, -0.05) is 93.2 Å². The molecule has 8 heteroatoms. The van der Waals surface area contributed by atoms with Gasteiger partial charge >= 0.3 is 0 Å². The summed E-state index contributed by atoms with van der Waals surface area (Å²) in [6.07, 6.45) is 1.81. The van der Waals surface area contributed by atoms with E-state index in [-0.39, 0.29) is 16.6 Å². The van der Waals surface area contributed by atoms with Crippen molar-refractivity contribution in [3.05, 3.63) is 78.2 Å². The molecule has 1 amide bonds. The number of benzene rings is 2. The smallest absolute Gasteiger partial charge is 0.239 e. The van der Waals surface area contributed by atoms with E-state index >= 15 is 0 Å². The van der Waals surface area contributed by atoms with Crippen LogP contribution in [0.4, 0.5) is 5.13 Å². The maximum Gasteiger partial charge on any atom is 0.239 e. The second kappa shape index (κ2) is 10.6. The number of aromatic nitrogens is 4. The van der Waals surface area contributed by atoms with E-state index in [9.17, 15) is 4.79 Å². The molecule has 0 aliphatic rings. The fourth-order valence-electron chi connectivity index (χ4n) is 3.49. The average molecular weight is 504 g/mol. The van der Waals surface area contributed by atoms with E-state index in [1.165, 1.54) is 28.7 Å². The molecule has 0 saturated carbocycles. The van der Waals surface area contributed by atoms with Crippen LogP contribution in [0.5, 0.6) is 0 Å². The summed E-state index contributed by atoms with van der Waals surface area (Å²) in [7, 11) is 0. The summed E-state index contributed by atoms with van der Waals surface area (Å²) >= 11 is 2.78. The fraction of sp³-hybridized carbons (Fsp3) is 0.259. The predicted molar refractivity (Wildman–Crippen MR) is 146 cm³/mol. The number of hydrogen-bond donors (Lipinski definition) is 1. The van der Waals surface area contributed by atoms with Gasteiger partial charge in [-0.05, 0) is 17.9 Å². The Kier molecular flexibility index (Phi) is 7.52. The van der Waals surface area contributed by atoms with Gasteiger partial charge in [-0.25, -0.2) is 4.98 Å². The molecular formula is C27H29N5OS2. The van der Waals surface area contributed by atoms with E-state index in [0.29, 0.717) is 16.8 Å². The number of nitrogens with zero attached hydrogens (tertiary/aromatic N) is 4. The minimum absolute atomic E-state index is 0.0798. The lowest BCUT2D eigenvalue weighted by atomic mass is 9.87. The van der Waals surface area contributed by atoms with Crippen molar-refractivity contribution in [1.82, 2.24) is 19.7 Å². The first-order valence-electron chi connectivity index (χ1n) is 11.4. The summed E-state index contributed by atoms with van der Waals surface area (Å²) in [5, 5.41) is 14.6. The molecule has 35 heavy (non-hydrogen) atoms. The molecule has 0 fully saturated rings. The summed E-state index contributed by atoms with van der Waals surface area (Å²) in [4.78, 5) is 17.5. The van der Waals surface area contributed by atoms with Gasteiger partial charge in [0.15, 0.2) is 16.1 Å². The van der Waals surface area contributed by atoms with Crippen LogP contribution in [0.25, 0.3) is 22.6 Å². The summed E-state index contributed by atoms with van der Waals surface area (Å²) in [5.74, 6) is 0.626. The number of thiazole rings is 1. The lowest BCUT2D eigenvalue weighted by Gasteiger charge is -2.19. The highest BCUT2D eigenvalue weighted by Gasteiger charge is 2.22. The van der Waals surface area contributed by atoms with Gasteiger partial charge in [0.2, 0.25) is 5.91 Å². The van der Waals surface area contributed by atoms with Crippen LogP contribution in [0.2, 0.25) is 0 Å². The molecule has 6 nitrogen and oxygen atoms in total. The van der Waals surface area contributed by atoms with Crippen LogP contribution in [-0.4, -0.2) is 30.9 Å². The Hall–Kier alpha value is -3.23. The van der Waals surface area contributed by atoms with Crippen LogP contribution in [0, 0.1) is 0 Å². The standard InChI is InChI=1S/C27H29N5OS2/c1-6-16-32-23(20-12-14-21(15-13-20)27(3,4)5)30-31-26(32)35-18(2)24(33)29-25-28-22(17-34-25)19-10-8-7-9-11-19/h6-15,17-18H,1,16H2,2-5H3,(H,28,29,33)/t18-/m0/s1. The molecule has 4 aromatic rings. The van der Waals surface area contributed by atoms with E-state index in [0.717, 1.165) is 22.6 Å². The maximum absolute atomic E-state index is 12.9. The zero-order chi connectivity index (χ0) is 25.0. The Morgan fingerprint density at radius 3 is 2.49 bits per heavy atom. The molecule has 2 aromatic carbocycles. The topological polar surface area (TPSA) is 72.7 Å². The third kappa shape index (κ3) is 5.89. The third-order valence-corrected chi connectivity index (χ3v) is 7.33. The normalized spacial score (nSPS) is 12.3. The summed E-state index contributed by atoms with van der Waals surface area (Å²) in [6.45, 7) is 12.9. The average Bonchev–Trinajstić information content (AvgIpc) is 3.47. The van der Waals surface area contributed by atoms with Gasteiger partial charge in [0.05, 0.1) is 10.9 Å². The molecule has 180 valence electrons. The lowest BCUT2D eigenvalue weighted by Crippen LogP contribution is -2.22. The predicted octanol–water partition coefficient (Wildman–Crippen LogP) is 6.67. The first-order chi connectivity index (χ1) is 16.8. The highest BCUT2D eigenvalue weighted by atomic mass is 32.2. The zero-order valence-corrected chi connectivity index (χ0v) is 22.0. The Morgan fingerprint density at radius 1 is 1.11 bits per heavy atom. The SMILES string of the molecule is C=CCn1c(S[C@@H](C)C(=O)Nc2nc(-c3ccccc3)cs2)nnc1-c1ccc(C(C)(C)C)cc1. The number of anilines is 1. The number of rotatable bonds is 8. The van der Waals surface area contributed by atoms with Crippen molar-refractivity contribution < 1.29 is 4.79 Å². The van der Waals surface area contributed by atoms with E-state index in [1.807, 2.05) is 53.3 Å². The molecule has 1 atom stereocenters. The van der Waals surface area contributed by atoms with Crippen LogP contribution in [0.15, 0.2) is 77.8 Å². The first-order valence-corrected chi connectivity index (χ1v) is 13.2. The van der Waals surface area contributed by atoms with E-state index < -0.39 is 0 Å². The van der Waals surface area contributed by atoms with Crippen LogP contribution >= 0.6 is 23.1 Å². The molecule has 0 saturated heterocycles. The first kappa shape index (κ1) is 24.9.